The molecule has 2 aliphatic rings. The molecule has 0 aromatic carbocycles. The second kappa shape index (κ2) is 10.4. The van der Waals surface area contributed by atoms with Gasteiger partial charge in [0.05, 0.1) is 5.56 Å². The maximum Gasteiger partial charge on any atom is 0.397 e. The number of rotatable bonds is 10. The van der Waals surface area contributed by atoms with Gasteiger partial charge in [-0.15, -0.1) is 5.10 Å². The van der Waals surface area contributed by atoms with Crippen LogP contribution in [0.3, 0.4) is 0 Å². The largest absolute Gasteiger partial charge is 0.476 e. The second-order valence-electron chi connectivity index (χ2n) is 11.8. The minimum Gasteiger partial charge on any atom is -0.476 e. The molecule has 2 fully saturated rings. The quantitative estimate of drug-likeness (QED) is 0.375. The number of carbonyl (C=O) groups excluding carboxylic acids is 1. The van der Waals surface area contributed by atoms with Crippen molar-refractivity contribution in [3.05, 3.63) is 41.4 Å². The van der Waals surface area contributed by atoms with Gasteiger partial charge < -0.3 is 15.0 Å². The van der Waals surface area contributed by atoms with Gasteiger partial charge in [0.1, 0.15) is 22.7 Å². The van der Waals surface area contributed by atoms with Crippen molar-refractivity contribution in [2.24, 2.45) is 17.3 Å². The molecule has 0 spiro atoms. The van der Waals surface area contributed by atoms with Gasteiger partial charge in [-0.25, -0.2) is 22.8 Å². The topological polar surface area (TPSA) is 130 Å². The predicted octanol–water partition coefficient (Wildman–Crippen LogP) is 4.86. The number of nitrogens with zero attached hydrogens (tertiary/aromatic N) is 4. The summed E-state index contributed by atoms with van der Waals surface area (Å²) in [4.78, 5) is 19.4. The fourth-order valence-electron chi connectivity index (χ4n) is 4.89. The van der Waals surface area contributed by atoms with Crippen LogP contribution in [-0.2, 0) is 10.0 Å². The molecule has 1 amide bonds. The molecule has 0 radical (unpaired) electrons. The Hall–Kier alpha value is -3.42. The zero-order chi connectivity index (χ0) is 30.5. The Labute approximate surface area is 237 Å². The molecule has 1 saturated heterocycles. The number of pyridine rings is 1. The lowest BCUT2D eigenvalue weighted by Crippen LogP contribution is -2.41. The van der Waals surface area contributed by atoms with Crippen LogP contribution in [0.15, 0.2) is 35.9 Å². The van der Waals surface area contributed by atoms with Crippen molar-refractivity contribution >= 4 is 27.5 Å². The van der Waals surface area contributed by atoms with Gasteiger partial charge in [0.2, 0.25) is 5.88 Å². The smallest absolute Gasteiger partial charge is 0.397 e. The number of allylic oxidation sites excluding steroid dienone is 1. The molecule has 3 heterocycles. The van der Waals surface area contributed by atoms with E-state index in [4.69, 9.17) is 10.1 Å². The van der Waals surface area contributed by atoms with Crippen molar-refractivity contribution in [3.63, 3.8) is 0 Å². The Balaban J connectivity index is 1.68. The summed E-state index contributed by atoms with van der Waals surface area (Å²) in [5, 5.41) is 11.8. The highest BCUT2D eigenvalue weighted by atomic mass is 32.2. The molecule has 0 bridgehead atoms. The van der Waals surface area contributed by atoms with E-state index in [-0.39, 0.29) is 47.6 Å². The summed E-state index contributed by atoms with van der Waals surface area (Å²) in [5.74, 6) is 0.178. The van der Waals surface area contributed by atoms with E-state index in [2.05, 4.69) is 30.5 Å². The summed E-state index contributed by atoms with van der Waals surface area (Å²) in [6.07, 6.45) is -2.04. The number of halogens is 3. The molecule has 1 aliphatic carbocycles. The molecule has 1 aliphatic heterocycles. The Morgan fingerprint density at radius 2 is 1.93 bits per heavy atom. The zero-order valence-corrected chi connectivity index (χ0v) is 24.5. The third-order valence-electron chi connectivity index (χ3n) is 7.93. The van der Waals surface area contributed by atoms with Gasteiger partial charge in [-0.2, -0.15) is 13.2 Å². The first kappa shape index (κ1) is 30.5. The average molecular weight is 597 g/mol. The first-order chi connectivity index (χ1) is 18.9. The van der Waals surface area contributed by atoms with Crippen LogP contribution >= 0.6 is 0 Å². The highest BCUT2D eigenvalue weighted by Gasteiger charge is 2.64. The van der Waals surface area contributed by atoms with Gasteiger partial charge in [-0.3, -0.25) is 4.79 Å². The molecule has 41 heavy (non-hydrogen) atoms. The minimum atomic E-state index is -4.36. The van der Waals surface area contributed by atoms with Crippen molar-refractivity contribution in [2.45, 2.75) is 65.6 Å². The molecule has 14 heteroatoms. The summed E-state index contributed by atoms with van der Waals surface area (Å²) in [5.41, 5.74) is -2.58. The molecule has 10 nitrogen and oxygen atoms in total. The molecule has 1 saturated carbocycles. The van der Waals surface area contributed by atoms with Gasteiger partial charge >= 0.3 is 6.18 Å². The van der Waals surface area contributed by atoms with Gasteiger partial charge in [0.15, 0.2) is 5.82 Å². The second-order valence-corrected chi connectivity index (χ2v) is 13.5. The predicted molar refractivity (Wildman–Crippen MR) is 148 cm³/mol. The number of nitrogens with one attached hydrogen (secondary N) is 2. The lowest BCUT2D eigenvalue weighted by Gasteiger charge is -2.34. The molecule has 1 atom stereocenters. The number of hydrogen-bond donors (Lipinski definition) is 2. The van der Waals surface area contributed by atoms with Crippen LogP contribution in [0.1, 0.15) is 64.2 Å². The summed E-state index contributed by atoms with van der Waals surface area (Å²) < 4.78 is 73.8. The lowest BCUT2D eigenvalue weighted by atomic mass is 9.89. The number of aromatic nitrogens is 3. The third kappa shape index (κ3) is 6.11. The highest BCUT2D eigenvalue weighted by molar-refractivity contribution is 7.94. The van der Waals surface area contributed by atoms with Crippen LogP contribution in [0.2, 0.25) is 0 Å². The maximum atomic E-state index is 13.3. The van der Waals surface area contributed by atoms with E-state index in [1.165, 1.54) is 36.0 Å². The number of sulfonamides is 1. The number of hydrogen-bond acceptors (Lipinski definition) is 8. The summed E-state index contributed by atoms with van der Waals surface area (Å²) in [6.45, 7) is 12.9. The van der Waals surface area contributed by atoms with Crippen molar-refractivity contribution in [2.75, 3.05) is 18.1 Å². The molecule has 4 rings (SSSR count). The van der Waals surface area contributed by atoms with Gasteiger partial charge in [-0.1, -0.05) is 20.4 Å². The van der Waals surface area contributed by atoms with Crippen LogP contribution < -0.4 is 14.4 Å². The average Bonchev–Trinajstić information content (AvgIpc) is 3.41. The summed E-state index contributed by atoms with van der Waals surface area (Å²) in [7, 11) is -4.36. The normalized spacial score (nSPS) is 19.7. The molecule has 224 valence electrons. The number of ether oxygens (including phenoxy) is 1. The molecule has 2 aromatic rings. The highest BCUT2D eigenvalue weighted by Crippen LogP contribution is 2.57. The van der Waals surface area contributed by atoms with E-state index >= 15 is 0 Å². The molecule has 1 unspecified atom stereocenters. The first-order valence-electron chi connectivity index (χ1n) is 13.2. The molecular weight excluding hydrogens is 561 g/mol. The van der Waals surface area contributed by atoms with Gasteiger partial charge in [0.25, 0.3) is 15.9 Å². The van der Waals surface area contributed by atoms with E-state index in [0.29, 0.717) is 12.5 Å². The Morgan fingerprint density at radius 3 is 2.46 bits per heavy atom. The van der Waals surface area contributed by atoms with Crippen molar-refractivity contribution in [1.29, 1.82) is 5.41 Å². The fourth-order valence-corrected chi connectivity index (χ4v) is 5.77. The van der Waals surface area contributed by atoms with E-state index in [0.717, 1.165) is 6.42 Å². The van der Waals surface area contributed by atoms with Crippen molar-refractivity contribution in [3.8, 4) is 11.7 Å². The minimum absolute atomic E-state index is 0.00121. The van der Waals surface area contributed by atoms with Crippen molar-refractivity contribution < 1.29 is 31.1 Å². The van der Waals surface area contributed by atoms with Crippen LogP contribution in [0.25, 0.3) is 5.82 Å². The van der Waals surface area contributed by atoms with E-state index in [1.54, 1.807) is 0 Å². The molecule has 2 aromatic heterocycles. The fraction of sp³-hybridized carbons (Fsp3) is 0.556. The molecule has 2 N–H and O–H groups in total. The SMILES string of the molecule is C=C(C(C)=N)S(=O)(=O)NC(=O)c1ccc(-n2ccc(OCC3(C(F)(F)F)CC3)n2)nc1N1CC(C(C)C)CC1(C)C. The van der Waals surface area contributed by atoms with Crippen molar-refractivity contribution in [1.82, 2.24) is 19.5 Å². The number of anilines is 1. The van der Waals surface area contributed by atoms with E-state index < -0.39 is 44.6 Å². The number of carbonyl (C=O) groups is 1. The van der Waals surface area contributed by atoms with Crippen LogP contribution in [0.5, 0.6) is 5.88 Å². The van der Waals surface area contributed by atoms with Crippen LogP contribution in [0.4, 0.5) is 19.0 Å². The van der Waals surface area contributed by atoms with Gasteiger partial charge in [0, 0.05) is 30.1 Å². The van der Waals surface area contributed by atoms with Crippen LogP contribution in [-0.4, -0.2) is 59.7 Å². The Bertz CT molecular complexity index is 1480. The molecular formula is C27H35F3N6O4S. The number of alkyl halides is 3. The lowest BCUT2D eigenvalue weighted by molar-refractivity contribution is -0.194. The maximum absolute atomic E-state index is 13.3. The third-order valence-corrected chi connectivity index (χ3v) is 9.34. The zero-order valence-electron chi connectivity index (χ0n) is 23.7. The summed E-state index contributed by atoms with van der Waals surface area (Å²) in [6, 6.07) is 4.31. The first-order valence-corrected chi connectivity index (χ1v) is 14.7. The number of amides is 1. The van der Waals surface area contributed by atoms with E-state index in [9.17, 15) is 26.4 Å². The van der Waals surface area contributed by atoms with Gasteiger partial charge in [-0.05, 0) is 64.0 Å². The summed E-state index contributed by atoms with van der Waals surface area (Å²) >= 11 is 0. The van der Waals surface area contributed by atoms with Crippen LogP contribution in [0, 0.1) is 22.7 Å². The standard InChI is InChI=1S/C27H35F3N6O4S/c1-16(2)19-13-25(5,6)35(14-19)23-20(24(37)34-41(38,39)18(4)17(3)31)7-8-21(32-23)36-12-9-22(33-36)40-15-26(10-11-26)27(28,29)30/h7-9,12,16,19,31H,4,10-11,13-15H2,1-3,5-6H3,(H,34,37). The Morgan fingerprint density at radius 1 is 1.27 bits per heavy atom. The monoisotopic (exact) mass is 596 g/mol. The van der Waals surface area contributed by atoms with E-state index in [1.807, 2.05) is 23.5 Å². The Kier molecular flexibility index (Phi) is 7.78.